The maximum absolute atomic E-state index is 10.3. The Morgan fingerprint density at radius 1 is 1.35 bits per heavy atom. The van der Waals surface area contributed by atoms with Crippen molar-refractivity contribution in [3.63, 3.8) is 0 Å². The van der Waals surface area contributed by atoms with E-state index in [2.05, 4.69) is 16.2 Å². The summed E-state index contributed by atoms with van der Waals surface area (Å²) in [6.45, 7) is 3.91. The largest absolute Gasteiger partial charge is 0.391 e. The number of aliphatic hydroxyl groups is 1. The summed E-state index contributed by atoms with van der Waals surface area (Å²) in [6.07, 6.45) is 7.88. The molecule has 0 bridgehead atoms. The summed E-state index contributed by atoms with van der Waals surface area (Å²) in [4.78, 5) is 2.48. The molecule has 0 aliphatic carbocycles. The third-order valence-electron chi connectivity index (χ3n) is 4.66. The van der Waals surface area contributed by atoms with E-state index >= 15 is 0 Å². The number of likely N-dealkylation sites (tertiary alicyclic amines) is 1. The standard InChI is InChI=1S/C15H25N3O2/c1-17-10-13(9-16-17)8-14-15(19)2-5-18(14)11-12-3-6-20-7-4-12/h9-10,12,14-15,19H,2-8,11H2,1H3/t14-,15+/m0/s1. The van der Waals surface area contributed by atoms with E-state index in [0.29, 0.717) is 0 Å². The zero-order valence-electron chi connectivity index (χ0n) is 12.2. The van der Waals surface area contributed by atoms with Gasteiger partial charge in [-0.3, -0.25) is 9.58 Å². The van der Waals surface area contributed by atoms with E-state index in [4.69, 9.17) is 4.74 Å². The van der Waals surface area contributed by atoms with Crippen molar-refractivity contribution in [3.05, 3.63) is 18.0 Å². The van der Waals surface area contributed by atoms with E-state index in [0.717, 1.165) is 57.9 Å². The summed E-state index contributed by atoms with van der Waals surface area (Å²) in [5.74, 6) is 0.727. The molecule has 3 heterocycles. The van der Waals surface area contributed by atoms with Gasteiger partial charge in [-0.25, -0.2) is 0 Å². The second-order valence-electron chi connectivity index (χ2n) is 6.20. The molecule has 1 aromatic rings. The van der Waals surface area contributed by atoms with Gasteiger partial charge < -0.3 is 9.84 Å². The lowest BCUT2D eigenvalue weighted by molar-refractivity contribution is 0.0434. The topological polar surface area (TPSA) is 50.5 Å². The molecule has 5 heteroatoms. The molecule has 0 aromatic carbocycles. The fraction of sp³-hybridized carbons (Fsp3) is 0.800. The molecule has 2 aliphatic rings. The molecule has 5 nitrogen and oxygen atoms in total. The molecular weight excluding hydrogens is 254 g/mol. The molecule has 2 atom stereocenters. The van der Waals surface area contributed by atoms with Gasteiger partial charge in [-0.15, -0.1) is 0 Å². The molecule has 1 aromatic heterocycles. The van der Waals surface area contributed by atoms with E-state index in [9.17, 15) is 5.11 Å². The smallest absolute Gasteiger partial charge is 0.0710 e. The molecule has 112 valence electrons. The minimum atomic E-state index is -0.199. The second kappa shape index (κ2) is 6.24. The third-order valence-corrected chi connectivity index (χ3v) is 4.66. The fourth-order valence-corrected chi connectivity index (χ4v) is 3.47. The van der Waals surface area contributed by atoms with Gasteiger partial charge in [0.05, 0.1) is 12.3 Å². The highest BCUT2D eigenvalue weighted by Gasteiger charge is 2.34. The van der Waals surface area contributed by atoms with Crippen LogP contribution in [-0.4, -0.2) is 58.2 Å². The number of aliphatic hydroxyl groups excluding tert-OH is 1. The van der Waals surface area contributed by atoms with E-state index in [-0.39, 0.29) is 12.1 Å². The van der Waals surface area contributed by atoms with Crippen LogP contribution in [0.15, 0.2) is 12.4 Å². The van der Waals surface area contributed by atoms with Crippen LogP contribution in [0.4, 0.5) is 0 Å². The average molecular weight is 279 g/mol. The molecule has 2 aliphatic heterocycles. The zero-order chi connectivity index (χ0) is 13.9. The number of rotatable bonds is 4. The number of ether oxygens (including phenoxy) is 1. The number of nitrogens with zero attached hydrogens (tertiary/aromatic N) is 3. The number of aryl methyl sites for hydroxylation is 1. The van der Waals surface area contributed by atoms with Crippen molar-refractivity contribution < 1.29 is 9.84 Å². The first-order valence-electron chi connectivity index (χ1n) is 7.70. The summed E-state index contributed by atoms with van der Waals surface area (Å²) in [7, 11) is 1.94. The third kappa shape index (κ3) is 3.22. The highest BCUT2D eigenvalue weighted by atomic mass is 16.5. The molecule has 0 saturated carbocycles. The number of hydrogen-bond donors (Lipinski definition) is 1. The van der Waals surface area contributed by atoms with Gasteiger partial charge in [-0.05, 0) is 37.2 Å². The van der Waals surface area contributed by atoms with E-state index in [1.807, 2.05) is 17.9 Å². The molecule has 20 heavy (non-hydrogen) atoms. The maximum Gasteiger partial charge on any atom is 0.0710 e. The van der Waals surface area contributed by atoms with Crippen molar-refractivity contribution in [3.8, 4) is 0 Å². The van der Waals surface area contributed by atoms with Crippen molar-refractivity contribution in [2.75, 3.05) is 26.3 Å². The molecule has 2 saturated heterocycles. The van der Waals surface area contributed by atoms with Gasteiger partial charge in [0.15, 0.2) is 0 Å². The van der Waals surface area contributed by atoms with Crippen molar-refractivity contribution >= 4 is 0 Å². The predicted molar refractivity (Wildman–Crippen MR) is 76.4 cm³/mol. The lowest BCUT2D eigenvalue weighted by Gasteiger charge is -2.31. The van der Waals surface area contributed by atoms with Crippen LogP contribution < -0.4 is 0 Å². The summed E-state index contributed by atoms with van der Waals surface area (Å²) >= 11 is 0. The monoisotopic (exact) mass is 279 g/mol. The first-order chi connectivity index (χ1) is 9.72. The number of aromatic nitrogens is 2. The molecule has 0 radical (unpaired) electrons. The van der Waals surface area contributed by atoms with Gasteiger partial charge in [0.2, 0.25) is 0 Å². The van der Waals surface area contributed by atoms with E-state index in [1.165, 1.54) is 5.56 Å². The van der Waals surface area contributed by atoms with Crippen LogP contribution in [0.5, 0.6) is 0 Å². The van der Waals surface area contributed by atoms with Crippen LogP contribution in [0.25, 0.3) is 0 Å². The van der Waals surface area contributed by atoms with Gasteiger partial charge in [0.1, 0.15) is 0 Å². The Hall–Kier alpha value is -0.910. The normalized spacial score (nSPS) is 29.1. The Kier molecular flexibility index (Phi) is 4.38. The van der Waals surface area contributed by atoms with Crippen molar-refractivity contribution in [2.45, 2.75) is 37.8 Å². The molecule has 0 spiro atoms. The second-order valence-corrected chi connectivity index (χ2v) is 6.20. The van der Waals surface area contributed by atoms with Crippen LogP contribution in [-0.2, 0) is 18.2 Å². The van der Waals surface area contributed by atoms with Gasteiger partial charge in [0.25, 0.3) is 0 Å². The Morgan fingerprint density at radius 2 is 2.15 bits per heavy atom. The van der Waals surface area contributed by atoms with Crippen molar-refractivity contribution in [1.29, 1.82) is 0 Å². The highest BCUT2D eigenvalue weighted by Crippen LogP contribution is 2.25. The fourth-order valence-electron chi connectivity index (χ4n) is 3.47. The number of hydrogen-bond acceptors (Lipinski definition) is 4. The molecule has 0 unspecified atom stereocenters. The van der Waals surface area contributed by atoms with Gasteiger partial charge in [0, 0.05) is 45.6 Å². The van der Waals surface area contributed by atoms with Gasteiger partial charge in [-0.2, -0.15) is 5.10 Å². The highest BCUT2D eigenvalue weighted by molar-refractivity contribution is 5.08. The predicted octanol–water partition coefficient (Wildman–Crippen LogP) is 0.824. The van der Waals surface area contributed by atoms with Crippen LogP contribution in [0.2, 0.25) is 0 Å². The van der Waals surface area contributed by atoms with Crippen LogP contribution in [0.3, 0.4) is 0 Å². The Balaban J connectivity index is 1.60. The minimum Gasteiger partial charge on any atom is -0.391 e. The van der Waals surface area contributed by atoms with Crippen LogP contribution in [0, 0.1) is 5.92 Å². The van der Waals surface area contributed by atoms with Crippen LogP contribution in [0.1, 0.15) is 24.8 Å². The Morgan fingerprint density at radius 3 is 2.85 bits per heavy atom. The maximum atomic E-state index is 10.3. The lowest BCUT2D eigenvalue weighted by Crippen LogP contribution is -2.40. The summed E-state index contributed by atoms with van der Waals surface area (Å²) in [5.41, 5.74) is 1.22. The van der Waals surface area contributed by atoms with Gasteiger partial charge in [-0.1, -0.05) is 0 Å². The minimum absolute atomic E-state index is 0.199. The van der Waals surface area contributed by atoms with E-state index < -0.39 is 0 Å². The molecule has 0 amide bonds. The van der Waals surface area contributed by atoms with Crippen molar-refractivity contribution in [2.24, 2.45) is 13.0 Å². The Labute approximate surface area is 120 Å². The lowest BCUT2D eigenvalue weighted by atomic mass is 9.98. The molecular formula is C15H25N3O2. The summed E-state index contributed by atoms with van der Waals surface area (Å²) in [6, 6.07) is 0.252. The average Bonchev–Trinajstić information content (AvgIpc) is 3.01. The van der Waals surface area contributed by atoms with Gasteiger partial charge >= 0.3 is 0 Å². The molecule has 3 rings (SSSR count). The SMILES string of the molecule is Cn1cc(C[C@H]2[C@H](O)CCN2CC2CCOCC2)cn1. The Bertz CT molecular complexity index is 429. The van der Waals surface area contributed by atoms with Crippen molar-refractivity contribution in [1.82, 2.24) is 14.7 Å². The quantitative estimate of drug-likeness (QED) is 0.887. The first kappa shape index (κ1) is 14.0. The summed E-state index contributed by atoms with van der Waals surface area (Å²) < 4.78 is 7.26. The molecule has 1 N–H and O–H groups in total. The zero-order valence-corrected chi connectivity index (χ0v) is 12.2. The summed E-state index contributed by atoms with van der Waals surface area (Å²) in [5, 5.41) is 14.5. The van der Waals surface area contributed by atoms with E-state index in [1.54, 1.807) is 0 Å². The van der Waals surface area contributed by atoms with Crippen LogP contribution >= 0.6 is 0 Å². The molecule has 2 fully saturated rings. The first-order valence-corrected chi connectivity index (χ1v) is 7.70.